The van der Waals surface area contributed by atoms with Crippen molar-refractivity contribution in [3.8, 4) is 0 Å². The molecule has 5 nitrogen and oxygen atoms in total. The Hall–Kier alpha value is -0.650. The summed E-state index contributed by atoms with van der Waals surface area (Å²) in [4.78, 5) is 13.9. The molecule has 0 aromatic carbocycles. The molecule has 0 bridgehead atoms. The van der Waals surface area contributed by atoms with Crippen molar-refractivity contribution < 1.29 is 14.3 Å². The van der Waals surface area contributed by atoms with Crippen LogP contribution in [0.5, 0.6) is 0 Å². The van der Waals surface area contributed by atoms with Crippen LogP contribution >= 0.6 is 0 Å². The largest absolute Gasteiger partial charge is 0.379 e. The van der Waals surface area contributed by atoms with Crippen LogP contribution in [0, 0.1) is 5.92 Å². The number of hydrogen-bond acceptors (Lipinski definition) is 4. The zero-order valence-corrected chi connectivity index (χ0v) is 11.8. The number of carbonyl (C=O) groups is 1. The van der Waals surface area contributed by atoms with E-state index in [1.807, 2.05) is 6.92 Å². The van der Waals surface area contributed by atoms with Gasteiger partial charge in [0.1, 0.15) is 6.61 Å². The van der Waals surface area contributed by atoms with Crippen molar-refractivity contribution in [1.82, 2.24) is 10.2 Å². The molecule has 0 radical (unpaired) electrons. The highest BCUT2D eigenvalue weighted by Gasteiger charge is 2.23. The molecule has 1 aliphatic rings. The van der Waals surface area contributed by atoms with Crippen molar-refractivity contribution in [3.05, 3.63) is 0 Å². The van der Waals surface area contributed by atoms with Gasteiger partial charge in [-0.2, -0.15) is 0 Å². The Bertz CT molecular complexity index is 240. The molecule has 0 aromatic heterocycles. The molecule has 0 saturated carbocycles. The predicted molar refractivity (Wildman–Crippen MR) is 70.5 cm³/mol. The molecule has 1 fully saturated rings. The standard InChI is InChI=1S/C13H26N2O3/c1-4-17-10-13(16)14-9-12(11(2)3)15-5-7-18-8-6-15/h11-12H,4-10H2,1-3H3,(H,14,16). The fourth-order valence-electron chi connectivity index (χ4n) is 2.16. The summed E-state index contributed by atoms with van der Waals surface area (Å²) < 4.78 is 10.4. The number of amides is 1. The molecule has 1 rings (SSSR count). The number of hydrogen-bond donors (Lipinski definition) is 1. The van der Waals surface area contributed by atoms with Crippen LogP contribution in [-0.2, 0) is 14.3 Å². The highest BCUT2D eigenvalue weighted by Crippen LogP contribution is 2.12. The molecular formula is C13H26N2O3. The van der Waals surface area contributed by atoms with Crippen molar-refractivity contribution in [1.29, 1.82) is 0 Å². The summed E-state index contributed by atoms with van der Waals surface area (Å²) in [7, 11) is 0. The number of morpholine rings is 1. The van der Waals surface area contributed by atoms with Crippen molar-refractivity contribution >= 4 is 5.91 Å². The molecule has 5 heteroatoms. The van der Waals surface area contributed by atoms with Gasteiger partial charge in [-0.15, -0.1) is 0 Å². The van der Waals surface area contributed by atoms with Gasteiger partial charge < -0.3 is 14.8 Å². The third-order valence-corrected chi connectivity index (χ3v) is 3.23. The molecule has 1 saturated heterocycles. The van der Waals surface area contributed by atoms with E-state index in [-0.39, 0.29) is 12.5 Å². The van der Waals surface area contributed by atoms with E-state index in [0.717, 1.165) is 26.3 Å². The first-order valence-electron chi connectivity index (χ1n) is 6.81. The van der Waals surface area contributed by atoms with E-state index in [9.17, 15) is 4.79 Å². The minimum atomic E-state index is -0.0317. The van der Waals surface area contributed by atoms with Gasteiger partial charge in [0.05, 0.1) is 13.2 Å². The van der Waals surface area contributed by atoms with Crippen molar-refractivity contribution in [2.45, 2.75) is 26.8 Å². The average molecular weight is 258 g/mol. The van der Waals surface area contributed by atoms with Crippen LogP contribution in [0.25, 0.3) is 0 Å². The van der Waals surface area contributed by atoms with Crippen LogP contribution in [0.1, 0.15) is 20.8 Å². The van der Waals surface area contributed by atoms with Gasteiger partial charge in [0.15, 0.2) is 0 Å². The van der Waals surface area contributed by atoms with Crippen LogP contribution < -0.4 is 5.32 Å². The second-order valence-electron chi connectivity index (χ2n) is 4.90. The maximum atomic E-state index is 11.5. The quantitative estimate of drug-likeness (QED) is 0.722. The highest BCUT2D eigenvalue weighted by molar-refractivity contribution is 5.77. The molecule has 1 aliphatic heterocycles. The summed E-state index contributed by atoms with van der Waals surface area (Å²) in [5, 5.41) is 2.95. The Labute approximate surface area is 110 Å². The number of nitrogens with one attached hydrogen (secondary N) is 1. The summed E-state index contributed by atoms with van der Waals surface area (Å²) in [5.74, 6) is 0.478. The molecular weight excluding hydrogens is 232 g/mol. The van der Waals surface area contributed by atoms with E-state index in [1.165, 1.54) is 0 Å². The van der Waals surface area contributed by atoms with Gasteiger partial charge in [0.25, 0.3) is 0 Å². The van der Waals surface area contributed by atoms with Gasteiger partial charge in [-0.1, -0.05) is 13.8 Å². The Morgan fingerprint density at radius 2 is 2.06 bits per heavy atom. The molecule has 1 unspecified atom stereocenters. The molecule has 1 N–H and O–H groups in total. The zero-order chi connectivity index (χ0) is 13.4. The van der Waals surface area contributed by atoms with Crippen molar-refractivity contribution in [2.24, 2.45) is 5.92 Å². The Balaban J connectivity index is 2.35. The number of nitrogens with zero attached hydrogens (tertiary/aromatic N) is 1. The average Bonchev–Trinajstić information content (AvgIpc) is 2.37. The van der Waals surface area contributed by atoms with Gasteiger partial charge in [0, 0.05) is 32.3 Å². The molecule has 106 valence electrons. The minimum absolute atomic E-state index is 0.0317. The fraction of sp³-hybridized carbons (Fsp3) is 0.923. The van der Waals surface area contributed by atoms with Crippen molar-refractivity contribution in [2.75, 3.05) is 46.1 Å². The molecule has 0 spiro atoms. The first kappa shape index (κ1) is 15.4. The maximum absolute atomic E-state index is 11.5. The van der Waals surface area contributed by atoms with Crippen LogP contribution in [0.2, 0.25) is 0 Å². The van der Waals surface area contributed by atoms with Gasteiger partial charge in [0.2, 0.25) is 5.91 Å². The monoisotopic (exact) mass is 258 g/mol. The van der Waals surface area contributed by atoms with E-state index in [4.69, 9.17) is 9.47 Å². The van der Waals surface area contributed by atoms with Gasteiger partial charge in [-0.25, -0.2) is 0 Å². The molecule has 0 aliphatic carbocycles. The lowest BCUT2D eigenvalue weighted by Gasteiger charge is -2.36. The first-order chi connectivity index (χ1) is 8.65. The highest BCUT2D eigenvalue weighted by atomic mass is 16.5. The Morgan fingerprint density at radius 3 is 2.61 bits per heavy atom. The second kappa shape index (κ2) is 8.45. The lowest BCUT2D eigenvalue weighted by atomic mass is 10.0. The van der Waals surface area contributed by atoms with E-state index in [2.05, 4.69) is 24.1 Å². The first-order valence-corrected chi connectivity index (χ1v) is 6.81. The molecule has 18 heavy (non-hydrogen) atoms. The molecule has 1 amide bonds. The Morgan fingerprint density at radius 1 is 1.39 bits per heavy atom. The molecule has 1 heterocycles. The van der Waals surface area contributed by atoms with Gasteiger partial charge in [-0.05, 0) is 12.8 Å². The van der Waals surface area contributed by atoms with Crippen LogP contribution in [0.3, 0.4) is 0 Å². The van der Waals surface area contributed by atoms with Crippen molar-refractivity contribution in [3.63, 3.8) is 0 Å². The fourth-order valence-corrected chi connectivity index (χ4v) is 2.16. The maximum Gasteiger partial charge on any atom is 0.246 e. The number of ether oxygens (including phenoxy) is 2. The summed E-state index contributed by atoms with van der Waals surface area (Å²) in [6.07, 6.45) is 0. The summed E-state index contributed by atoms with van der Waals surface area (Å²) in [6.45, 7) is 11.2. The van der Waals surface area contributed by atoms with Crippen LogP contribution in [0.15, 0.2) is 0 Å². The topological polar surface area (TPSA) is 50.8 Å². The minimum Gasteiger partial charge on any atom is -0.379 e. The zero-order valence-electron chi connectivity index (χ0n) is 11.8. The summed E-state index contributed by atoms with van der Waals surface area (Å²) in [5.41, 5.74) is 0. The third kappa shape index (κ3) is 5.33. The van der Waals surface area contributed by atoms with E-state index >= 15 is 0 Å². The number of rotatable bonds is 7. The lowest BCUT2D eigenvalue weighted by Crippen LogP contribution is -2.51. The number of carbonyl (C=O) groups excluding carboxylic acids is 1. The second-order valence-corrected chi connectivity index (χ2v) is 4.90. The van der Waals surface area contributed by atoms with E-state index in [1.54, 1.807) is 0 Å². The molecule has 0 aromatic rings. The predicted octanol–water partition coefficient (Wildman–Crippen LogP) is 0.496. The van der Waals surface area contributed by atoms with Crippen LogP contribution in [-0.4, -0.2) is 62.9 Å². The third-order valence-electron chi connectivity index (χ3n) is 3.23. The molecule has 1 atom stereocenters. The Kier molecular flexibility index (Phi) is 7.23. The van der Waals surface area contributed by atoms with Gasteiger partial charge in [-0.3, -0.25) is 9.69 Å². The summed E-state index contributed by atoms with van der Waals surface area (Å²) in [6, 6.07) is 0.375. The lowest BCUT2D eigenvalue weighted by molar-refractivity contribution is -0.126. The van der Waals surface area contributed by atoms with Crippen LogP contribution in [0.4, 0.5) is 0 Å². The van der Waals surface area contributed by atoms with E-state index in [0.29, 0.717) is 25.1 Å². The van der Waals surface area contributed by atoms with Gasteiger partial charge >= 0.3 is 0 Å². The van der Waals surface area contributed by atoms with E-state index < -0.39 is 0 Å². The normalized spacial score (nSPS) is 18.9. The SMILES string of the molecule is CCOCC(=O)NCC(C(C)C)N1CCOCC1. The summed E-state index contributed by atoms with van der Waals surface area (Å²) >= 11 is 0. The smallest absolute Gasteiger partial charge is 0.246 e.